The third-order valence-corrected chi connectivity index (χ3v) is 5.34. The Hall–Kier alpha value is -0.860. The third kappa shape index (κ3) is 3.91. The monoisotopic (exact) mass is 307 g/mol. The highest BCUT2D eigenvalue weighted by Gasteiger charge is 2.49. The highest BCUT2D eigenvalue weighted by atomic mass is 16.2. The number of rotatable bonds is 4. The van der Waals surface area contributed by atoms with Crippen LogP contribution in [0, 0.1) is 28.6 Å². The van der Waals surface area contributed by atoms with Crippen molar-refractivity contribution in [2.75, 3.05) is 0 Å². The molecule has 3 atom stereocenters. The molecule has 0 saturated heterocycles. The van der Waals surface area contributed by atoms with E-state index >= 15 is 0 Å². The van der Waals surface area contributed by atoms with E-state index in [1.165, 1.54) is 25.7 Å². The van der Waals surface area contributed by atoms with E-state index in [-0.39, 0.29) is 23.0 Å². The van der Waals surface area contributed by atoms with Crippen molar-refractivity contribution in [3.63, 3.8) is 0 Å². The van der Waals surface area contributed by atoms with Gasteiger partial charge in [0.15, 0.2) is 5.78 Å². The molecule has 2 aliphatic carbocycles. The smallest absolute Gasteiger partial charge is 0.224 e. The zero-order valence-corrected chi connectivity index (χ0v) is 15.2. The van der Waals surface area contributed by atoms with Gasteiger partial charge in [-0.05, 0) is 23.7 Å². The molecule has 2 fully saturated rings. The number of hydrogen-bond acceptors (Lipinski definition) is 2. The van der Waals surface area contributed by atoms with Gasteiger partial charge in [0.1, 0.15) is 0 Å². The summed E-state index contributed by atoms with van der Waals surface area (Å²) in [5.41, 5.74) is -0.683. The predicted molar refractivity (Wildman–Crippen MR) is 89.4 cm³/mol. The molecule has 3 nitrogen and oxygen atoms in total. The maximum atomic E-state index is 12.7. The molecule has 1 N–H and O–H groups in total. The van der Waals surface area contributed by atoms with Gasteiger partial charge in [0.2, 0.25) is 5.91 Å². The minimum atomic E-state index is -0.431. The van der Waals surface area contributed by atoms with E-state index in [2.05, 4.69) is 5.32 Å². The van der Waals surface area contributed by atoms with Gasteiger partial charge in [0.05, 0.1) is 6.04 Å². The van der Waals surface area contributed by atoms with Gasteiger partial charge < -0.3 is 5.32 Å². The fourth-order valence-corrected chi connectivity index (χ4v) is 3.78. The van der Waals surface area contributed by atoms with Crippen molar-refractivity contribution in [2.24, 2.45) is 28.6 Å². The van der Waals surface area contributed by atoms with Crippen LogP contribution in [0.1, 0.15) is 73.6 Å². The molecule has 0 aliphatic heterocycles. The van der Waals surface area contributed by atoms with E-state index in [4.69, 9.17) is 0 Å². The molecule has 2 aliphatic rings. The topological polar surface area (TPSA) is 46.2 Å². The zero-order valence-electron chi connectivity index (χ0n) is 15.2. The highest BCUT2D eigenvalue weighted by Crippen LogP contribution is 2.50. The first kappa shape index (κ1) is 17.5. The van der Waals surface area contributed by atoms with Gasteiger partial charge in [0.25, 0.3) is 0 Å². The first-order chi connectivity index (χ1) is 10.0. The van der Waals surface area contributed by atoms with Crippen LogP contribution in [0.2, 0.25) is 0 Å². The third-order valence-electron chi connectivity index (χ3n) is 5.34. The second kappa shape index (κ2) is 5.98. The van der Waals surface area contributed by atoms with Gasteiger partial charge in [-0.2, -0.15) is 0 Å². The van der Waals surface area contributed by atoms with Crippen molar-refractivity contribution in [1.82, 2.24) is 5.32 Å². The van der Waals surface area contributed by atoms with Crippen molar-refractivity contribution in [1.29, 1.82) is 0 Å². The van der Waals surface area contributed by atoms with Crippen LogP contribution in [0.15, 0.2) is 0 Å². The molecule has 0 heterocycles. The number of carbonyl (C=O) groups is 2. The number of carbonyl (C=O) groups excluding carboxylic acids is 2. The summed E-state index contributed by atoms with van der Waals surface area (Å²) in [6.07, 6.45) is 6.25. The summed E-state index contributed by atoms with van der Waals surface area (Å²) in [6, 6.07) is -0.398. The Labute approximate surface area is 135 Å². The van der Waals surface area contributed by atoms with E-state index in [1.807, 2.05) is 41.5 Å². The molecular weight excluding hydrogens is 274 g/mol. The van der Waals surface area contributed by atoms with Crippen LogP contribution in [0.5, 0.6) is 0 Å². The van der Waals surface area contributed by atoms with Gasteiger partial charge in [-0.15, -0.1) is 0 Å². The molecule has 0 radical (unpaired) electrons. The average molecular weight is 307 g/mol. The summed E-state index contributed by atoms with van der Waals surface area (Å²) in [5.74, 6) is 1.72. The lowest BCUT2D eigenvalue weighted by Crippen LogP contribution is -2.53. The fraction of sp³-hybridized carbons (Fsp3) is 0.895. The first-order valence-electron chi connectivity index (χ1n) is 8.86. The van der Waals surface area contributed by atoms with Crippen molar-refractivity contribution in [3.8, 4) is 0 Å². The molecule has 1 amide bonds. The molecule has 0 spiro atoms. The molecule has 22 heavy (non-hydrogen) atoms. The minimum absolute atomic E-state index is 0.106. The lowest BCUT2D eigenvalue weighted by molar-refractivity contribution is -0.135. The first-order valence-corrected chi connectivity index (χ1v) is 8.86. The maximum Gasteiger partial charge on any atom is 0.224 e. The summed E-state index contributed by atoms with van der Waals surface area (Å²) in [6.45, 7) is 11.9. The Kier molecular flexibility index (Phi) is 4.75. The Bertz CT molecular complexity index is 435. The normalized spacial score (nSPS) is 27.5. The van der Waals surface area contributed by atoms with Crippen LogP contribution in [0.25, 0.3) is 0 Å². The maximum absolute atomic E-state index is 12.7. The molecule has 2 saturated carbocycles. The van der Waals surface area contributed by atoms with Gasteiger partial charge in [-0.3, -0.25) is 9.59 Å². The van der Waals surface area contributed by atoms with Gasteiger partial charge in [0, 0.05) is 11.3 Å². The van der Waals surface area contributed by atoms with E-state index in [9.17, 15) is 9.59 Å². The van der Waals surface area contributed by atoms with Gasteiger partial charge >= 0.3 is 0 Å². The summed E-state index contributed by atoms with van der Waals surface area (Å²) in [4.78, 5) is 25.3. The lowest BCUT2D eigenvalue weighted by Gasteiger charge is -2.34. The van der Waals surface area contributed by atoms with E-state index in [0.717, 1.165) is 12.3 Å². The molecule has 2 rings (SSSR count). The summed E-state index contributed by atoms with van der Waals surface area (Å²) >= 11 is 0. The average Bonchev–Trinajstić information content (AvgIpc) is 2.99. The van der Waals surface area contributed by atoms with Crippen LogP contribution < -0.4 is 5.32 Å². The predicted octanol–water partition coefficient (Wildman–Crippen LogP) is 3.96. The van der Waals surface area contributed by atoms with E-state index in [1.54, 1.807) is 0 Å². The Morgan fingerprint density at radius 3 is 2.00 bits per heavy atom. The largest absolute Gasteiger partial charge is 0.345 e. The molecule has 126 valence electrons. The van der Waals surface area contributed by atoms with Crippen LogP contribution >= 0.6 is 0 Å². The van der Waals surface area contributed by atoms with Crippen molar-refractivity contribution in [2.45, 2.75) is 79.7 Å². The summed E-state index contributed by atoms with van der Waals surface area (Å²) in [7, 11) is 0. The molecule has 0 aromatic heterocycles. The molecule has 3 heteroatoms. The molecule has 0 aromatic carbocycles. The second-order valence-corrected chi connectivity index (χ2v) is 9.47. The van der Waals surface area contributed by atoms with Crippen LogP contribution in [0.4, 0.5) is 0 Å². The Morgan fingerprint density at radius 1 is 1.00 bits per heavy atom. The van der Waals surface area contributed by atoms with Crippen LogP contribution in [-0.2, 0) is 9.59 Å². The number of Topliss-reactive ketones (excluding diaryl/α,β-unsaturated/α-hetero) is 1. The van der Waals surface area contributed by atoms with Gasteiger partial charge in [-0.1, -0.05) is 67.2 Å². The van der Waals surface area contributed by atoms with Crippen molar-refractivity contribution in [3.05, 3.63) is 0 Å². The van der Waals surface area contributed by atoms with Crippen LogP contribution in [-0.4, -0.2) is 17.7 Å². The molecule has 0 aromatic rings. The lowest BCUT2D eigenvalue weighted by atomic mass is 9.75. The highest BCUT2D eigenvalue weighted by molar-refractivity contribution is 5.94. The molecule has 0 bridgehead atoms. The van der Waals surface area contributed by atoms with E-state index < -0.39 is 11.5 Å². The number of ketones is 1. The number of amides is 1. The van der Waals surface area contributed by atoms with Crippen molar-refractivity contribution >= 4 is 11.7 Å². The van der Waals surface area contributed by atoms with E-state index in [0.29, 0.717) is 5.92 Å². The SMILES string of the molecule is CC(C)(C)C(=O)[C@@H](NC(=O)C1CC1C1CCCC1)C(C)(C)C. The minimum Gasteiger partial charge on any atom is -0.345 e. The fourth-order valence-electron chi connectivity index (χ4n) is 3.78. The quantitative estimate of drug-likeness (QED) is 0.854. The van der Waals surface area contributed by atoms with Crippen LogP contribution in [0.3, 0.4) is 0 Å². The molecular formula is C19H33NO2. The summed E-state index contributed by atoms with van der Waals surface area (Å²) in [5, 5.41) is 3.09. The second-order valence-electron chi connectivity index (χ2n) is 9.47. The number of nitrogens with one attached hydrogen (secondary N) is 1. The number of hydrogen-bond donors (Lipinski definition) is 1. The summed E-state index contributed by atoms with van der Waals surface area (Å²) < 4.78 is 0. The van der Waals surface area contributed by atoms with Crippen molar-refractivity contribution < 1.29 is 9.59 Å². The zero-order chi connectivity index (χ0) is 16.7. The van der Waals surface area contributed by atoms with Gasteiger partial charge in [-0.25, -0.2) is 0 Å². The Balaban J connectivity index is 1.99. The Morgan fingerprint density at radius 2 is 1.55 bits per heavy atom. The standard InChI is InChI=1S/C19H33NO2/c1-18(2,3)15(16(21)19(4,5)6)20-17(22)14-11-13(14)12-9-7-8-10-12/h12-15H,7-11H2,1-6H3,(H,20,22)/t13?,14?,15-/m1/s1. The molecule has 2 unspecified atom stereocenters.